The highest BCUT2D eigenvalue weighted by molar-refractivity contribution is 5.87. The van der Waals surface area contributed by atoms with E-state index in [2.05, 4.69) is 0 Å². The third kappa shape index (κ3) is 5.29. The van der Waals surface area contributed by atoms with Crippen molar-refractivity contribution in [3.05, 3.63) is 35.4 Å². The number of carboxylic acid groups (broad SMARTS) is 1. The quantitative estimate of drug-likeness (QED) is 0.905. The highest BCUT2D eigenvalue weighted by Crippen LogP contribution is 2.16. The number of aromatic carboxylic acids is 1. The molecule has 7 heteroatoms. The number of hydrogen-bond donors (Lipinski definition) is 1. The molecule has 0 heterocycles. The van der Waals surface area contributed by atoms with Gasteiger partial charge in [-0.25, -0.2) is 4.79 Å². The summed E-state index contributed by atoms with van der Waals surface area (Å²) >= 11 is 0. The van der Waals surface area contributed by atoms with Crippen LogP contribution in [0.4, 0.5) is 13.2 Å². The molecule has 0 atom stereocenters. The lowest BCUT2D eigenvalue weighted by molar-refractivity contribution is -0.158. The number of halogens is 3. The van der Waals surface area contributed by atoms with E-state index in [1.54, 1.807) is 12.1 Å². The Morgan fingerprint density at radius 1 is 1.20 bits per heavy atom. The first kappa shape index (κ1) is 16.0. The predicted octanol–water partition coefficient (Wildman–Crippen LogP) is 2.34. The van der Waals surface area contributed by atoms with Crippen LogP contribution in [0.5, 0.6) is 0 Å². The lowest BCUT2D eigenvalue weighted by Crippen LogP contribution is -2.35. The van der Waals surface area contributed by atoms with E-state index in [0.717, 1.165) is 7.05 Å². The largest absolute Gasteiger partial charge is 0.478 e. The van der Waals surface area contributed by atoms with Crippen LogP contribution < -0.4 is 0 Å². The summed E-state index contributed by atoms with van der Waals surface area (Å²) in [7, 11) is 1.10. The maximum Gasteiger partial charge on any atom is 0.406 e. The van der Waals surface area contributed by atoms with Crippen LogP contribution >= 0.6 is 0 Å². The van der Waals surface area contributed by atoms with Crippen LogP contribution in [0.3, 0.4) is 0 Å². The van der Waals surface area contributed by atoms with E-state index in [9.17, 15) is 22.8 Å². The average Bonchev–Trinajstić information content (AvgIpc) is 2.34. The summed E-state index contributed by atoms with van der Waals surface area (Å²) in [4.78, 5) is 22.8. The van der Waals surface area contributed by atoms with Crippen molar-refractivity contribution in [1.82, 2.24) is 4.90 Å². The van der Waals surface area contributed by atoms with E-state index in [1.165, 1.54) is 12.1 Å². The number of amides is 1. The number of alkyl halides is 3. The average molecular weight is 289 g/mol. The lowest BCUT2D eigenvalue weighted by atomic mass is 10.1. The summed E-state index contributed by atoms with van der Waals surface area (Å²) in [5.41, 5.74) is 0.818. The highest BCUT2D eigenvalue weighted by atomic mass is 19.4. The van der Waals surface area contributed by atoms with Gasteiger partial charge in [0.2, 0.25) is 5.91 Å². The van der Waals surface area contributed by atoms with Crippen molar-refractivity contribution in [2.24, 2.45) is 0 Å². The third-order valence-corrected chi connectivity index (χ3v) is 2.67. The second kappa shape index (κ2) is 6.40. The number of carbonyl (C=O) groups excluding carboxylic acids is 1. The number of aryl methyl sites for hydroxylation is 1. The van der Waals surface area contributed by atoms with Gasteiger partial charge in [-0.05, 0) is 24.1 Å². The molecule has 0 unspecified atom stereocenters. The van der Waals surface area contributed by atoms with Crippen LogP contribution in [0.25, 0.3) is 0 Å². The van der Waals surface area contributed by atoms with E-state index in [-0.39, 0.29) is 18.4 Å². The zero-order valence-electron chi connectivity index (χ0n) is 10.8. The summed E-state index contributed by atoms with van der Waals surface area (Å²) in [6.07, 6.45) is -4.20. The van der Waals surface area contributed by atoms with Crippen LogP contribution in [0.2, 0.25) is 0 Å². The summed E-state index contributed by atoms with van der Waals surface area (Å²) in [6, 6.07) is 5.87. The molecule has 0 aliphatic rings. The van der Waals surface area contributed by atoms with Crippen LogP contribution in [0.15, 0.2) is 24.3 Å². The van der Waals surface area contributed by atoms with E-state index >= 15 is 0 Å². The number of nitrogens with zero attached hydrogens (tertiary/aromatic N) is 1. The van der Waals surface area contributed by atoms with Crippen molar-refractivity contribution in [2.45, 2.75) is 19.0 Å². The van der Waals surface area contributed by atoms with Gasteiger partial charge in [0.1, 0.15) is 6.54 Å². The SMILES string of the molecule is CN(CC(F)(F)F)C(=O)CCc1ccc(C(=O)O)cc1. The Labute approximate surface area is 113 Å². The molecule has 1 rings (SSSR count). The lowest BCUT2D eigenvalue weighted by Gasteiger charge is -2.18. The van der Waals surface area contributed by atoms with Gasteiger partial charge < -0.3 is 10.0 Å². The minimum absolute atomic E-state index is 0.0565. The van der Waals surface area contributed by atoms with Gasteiger partial charge in [0.15, 0.2) is 0 Å². The minimum atomic E-state index is -4.41. The van der Waals surface area contributed by atoms with Crippen LogP contribution in [-0.4, -0.2) is 41.7 Å². The molecule has 20 heavy (non-hydrogen) atoms. The summed E-state index contributed by atoms with van der Waals surface area (Å²) in [6.45, 7) is -1.27. The smallest absolute Gasteiger partial charge is 0.406 e. The highest BCUT2D eigenvalue weighted by Gasteiger charge is 2.30. The Morgan fingerprint density at radius 2 is 1.75 bits per heavy atom. The Hall–Kier alpha value is -2.05. The Morgan fingerprint density at radius 3 is 2.20 bits per heavy atom. The maximum atomic E-state index is 12.1. The number of carbonyl (C=O) groups is 2. The second-order valence-corrected chi connectivity index (χ2v) is 4.37. The number of hydrogen-bond acceptors (Lipinski definition) is 2. The van der Waals surface area contributed by atoms with Crippen molar-refractivity contribution >= 4 is 11.9 Å². The zero-order valence-corrected chi connectivity index (χ0v) is 10.8. The van der Waals surface area contributed by atoms with E-state index in [4.69, 9.17) is 5.11 Å². The number of benzene rings is 1. The van der Waals surface area contributed by atoms with Gasteiger partial charge in [-0.15, -0.1) is 0 Å². The molecule has 0 aromatic heterocycles. The molecular weight excluding hydrogens is 275 g/mol. The molecule has 1 amide bonds. The normalized spacial score (nSPS) is 11.2. The maximum absolute atomic E-state index is 12.1. The fourth-order valence-corrected chi connectivity index (χ4v) is 1.61. The molecule has 110 valence electrons. The van der Waals surface area contributed by atoms with Crippen LogP contribution in [0, 0.1) is 0 Å². The second-order valence-electron chi connectivity index (χ2n) is 4.37. The Kier molecular flexibility index (Phi) is 5.12. The first-order valence-corrected chi connectivity index (χ1v) is 5.82. The van der Waals surface area contributed by atoms with Crippen molar-refractivity contribution in [3.8, 4) is 0 Å². The van der Waals surface area contributed by atoms with Crippen molar-refractivity contribution in [2.75, 3.05) is 13.6 Å². The van der Waals surface area contributed by atoms with Crippen LogP contribution in [-0.2, 0) is 11.2 Å². The van der Waals surface area contributed by atoms with Gasteiger partial charge in [0, 0.05) is 13.5 Å². The van der Waals surface area contributed by atoms with Gasteiger partial charge >= 0.3 is 12.1 Å². The summed E-state index contributed by atoms with van der Waals surface area (Å²) in [5, 5.41) is 8.71. The molecule has 0 spiro atoms. The number of rotatable bonds is 5. The molecule has 1 N–H and O–H groups in total. The van der Waals surface area contributed by atoms with Gasteiger partial charge in [0.05, 0.1) is 5.56 Å². The predicted molar refractivity (Wildman–Crippen MR) is 65.4 cm³/mol. The summed E-state index contributed by atoms with van der Waals surface area (Å²) < 4.78 is 36.3. The monoisotopic (exact) mass is 289 g/mol. The Balaban J connectivity index is 2.50. The molecule has 4 nitrogen and oxygen atoms in total. The molecule has 0 saturated carbocycles. The fraction of sp³-hybridized carbons (Fsp3) is 0.385. The van der Waals surface area contributed by atoms with Gasteiger partial charge in [0.25, 0.3) is 0 Å². The molecule has 1 aromatic carbocycles. The van der Waals surface area contributed by atoms with Gasteiger partial charge in [-0.1, -0.05) is 12.1 Å². The van der Waals surface area contributed by atoms with Gasteiger partial charge in [-0.2, -0.15) is 13.2 Å². The zero-order chi connectivity index (χ0) is 15.3. The molecule has 0 bridgehead atoms. The van der Waals surface area contributed by atoms with E-state index in [0.29, 0.717) is 10.5 Å². The molecule has 0 aliphatic heterocycles. The van der Waals surface area contributed by atoms with Crippen molar-refractivity contribution in [3.63, 3.8) is 0 Å². The molecular formula is C13H14F3NO3. The van der Waals surface area contributed by atoms with Gasteiger partial charge in [-0.3, -0.25) is 4.79 Å². The molecule has 0 saturated heterocycles. The van der Waals surface area contributed by atoms with Crippen molar-refractivity contribution < 1.29 is 27.9 Å². The van der Waals surface area contributed by atoms with E-state index in [1.807, 2.05) is 0 Å². The number of carboxylic acids is 1. The van der Waals surface area contributed by atoms with Crippen molar-refractivity contribution in [1.29, 1.82) is 0 Å². The minimum Gasteiger partial charge on any atom is -0.478 e. The van der Waals surface area contributed by atoms with E-state index < -0.39 is 24.6 Å². The summed E-state index contributed by atoms with van der Waals surface area (Å²) in [5.74, 6) is -1.66. The standard InChI is InChI=1S/C13H14F3NO3/c1-17(8-13(14,15)16)11(18)7-4-9-2-5-10(6-3-9)12(19)20/h2-3,5-6H,4,7-8H2,1H3,(H,19,20). The molecule has 0 radical (unpaired) electrons. The molecule has 1 aromatic rings. The first-order valence-electron chi connectivity index (χ1n) is 5.82. The topological polar surface area (TPSA) is 57.6 Å². The molecule has 0 fully saturated rings. The Bertz CT molecular complexity index is 483. The third-order valence-electron chi connectivity index (χ3n) is 2.67. The molecule has 0 aliphatic carbocycles. The fourth-order valence-electron chi connectivity index (χ4n) is 1.61. The first-order chi connectivity index (χ1) is 9.19. The van der Waals surface area contributed by atoms with Crippen LogP contribution in [0.1, 0.15) is 22.3 Å².